The molecular weight excluding hydrogens is 262 g/mol. The normalized spacial score (nSPS) is 10.9. The number of amidine groups is 1. The van der Waals surface area contributed by atoms with Gasteiger partial charge in [-0.05, 0) is 19.1 Å². The van der Waals surface area contributed by atoms with Crippen LogP contribution < -0.4 is 16.4 Å². The van der Waals surface area contributed by atoms with Gasteiger partial charge in [-0.1, -0.05) is 5.16 Å². The molecular formula is C12H17N5O3. The van der Waals surface area contributed by atoms with Crippen LogP contribution in [0.1, 0.15) is 29.4 Å². The third-order valence-corrected chi connectivity index (χ3v) is 2.41. The molecule has 20 heavy (non-hydrogen) atoms. The summed E-state index contributed by atoms with van der Waals surface area (Å²) in [6.45, 7) is 2.61. The number of nitrogens with one attached hydrogen (secondary N) is 2. The zero-order chi connectivity index (χ0) is 15.0. The molecule has 0 fully saturated rings. The summed E-state index contributed by atoms with van der Waals surface area (Å²) >= 11 is 0. The Labute approximate surface area is 116 Å². The number of aromatic nitrogens is 1. The molecule has 0 aliphatic carbocycles. The molecule has 0 saturated heterocycles. The predicted molar refractivity (Wildman–Crippen MR) is 72.4 cm³/mol. The fourth-order valence-electron chi connectivity index (χ4n) is 1.40. The van der Waals surface area contributed by atoms with E-state index in [0.29, 0.717) is 12.1 Å². The topological polar surface area (TPSA) is 130 Å². The first-order valence-corrected chi connectivity index (χ1v) is 6.07. The second-order valence-corrected chi connectivity index (χ2v) is 3.88. The van der Waals surface area contributed by atoms with Gasteiger partial charge in [0.1, 0.15) is 5.69 Å². The number of pyridine rings is 1. The van der Waals surface area contributed by atoms with Crippen LogP contribution in [0.4, 0.5) is 0 Å². The summed E-state index contributed by atoms with van der Waals surface area (Å²) in [6, 6.07) is 2.97. The molecule has 0 unspecified atom stereocenters. The van der Waals surface area contributed by atoms with Crippen molar-refractivity contribution in [3.05, 3.63) is 29.6 Å². The maximum Gasteiger partial charge on any atom is 0.269 e. The molecule has 0 radical (unpaired) electrons. The van der Waals surface area contributed by atoms with Crippen LogP contribution in [0.25, 0.3) is 0 Å². The number of carbonyl (C=O) groups excluding carboxylic acids is 2. The number of rotatable bonds is 6. The van der Waals surface area contributed by atoms with Gasteiger partial charge >= 0.3 is 0 Å². The first-order chi connectivity index (χ1) is 9.58. The summed E-state index contributed by atoms with van der Waals surface area (Å²) < 4.78 is 0. The van der Waals surface area contributed by atoms with Crippen molar-refractivity contribution in [2.24, 2.45) is 10.9 Å². The van der Waals surface area contributed by atoms with E-state index < -0.39 is 0 Å². The second-order valence-electron chi connectivity index (χ2n) is 3.88. The molecule has 0 aliphatic heterocycles. The lowest BCUT2D eigenvalue weighted by Gasteiger charge is -2.05. The van der Waals surface area contributed by atoms with Gasteiger partial charge in [-0.15, -0.1) is 0 Å². The molecule has 1 aromatic heterocycles. The molecule has 0 atom stereocenters. The fourth-order valence-corrected chi connectivity index (χ4v) is 1.40. The summed E-state index contributed by atoms with van der Waals surface area (Å²) in [5, 5.41) is 16.5. The highest BCUT2D eigenvalue weighted by Gasteiger charge is 2.08. The van der Waals surface area contributed by atoms with Crippen LogP contribution in [0.15, 0.2) is 23.5 Å². The Morgan fingerprint density at radius 3 is 2.70 bits per heavy atom. The molecule has 2 amide bonds. The fraction of sp³-hybridized carbons (Fsp3) is 0.333. The Hall–Kier alpha value is -2.64. The molecule has 1 heterocycles. The maximum atomic E-state index is 11.7. The molecule has 1 aromatic rings. The summed E-state index contributed by atoms with van der Waals surface area (Å²) in [7, 11) is 0. The van der Waals surface area contributed by atoms with Crippen molar-refractivity contribution < 1.29 is 14.8 Å². The predicted octanol–water partition coefficient (Wildman–Crippen LogP) is -0.568. The second kappa shape index (κ2) is 7.72. The van der Waals surface area contributed by atoms with Gasteiger partial charge in [0.2, 0.25) is 5.91 Å². The minimum atomic E-state index is -0.389. The van der Waals surface area contributed by atoms with E-state index in [1.165, 1.54) is 18.3 Å². The van der Waals surface area contributed by atoms with E-state index in [-0.39, 0.29) is 36.3 Å². The highest BCUT2D eigenvalue weighted by atomic mass is 16.4. The standard InChI is InChI=1S/C12H17N5O3/c1-2-14-10(18)5-6-15-12(19)9-4-3-8(7-16-9)11(13)17-20/h3-4,7,20H,2,5-6H2,1H3,(H2,13,17)(H,14,18)(H,15,19). The van der Waals surface area contributed by atoms with Gasteiger partial charge in [0.25, 0.3) is 5.91 Å². The summed E-state index contributed by atoms with van der Waals surface area (Å²) in [6.07, 6.45) is 1.54. The highest BCUT2D eigenvalue weighted by Crippen LogP contribution is 2.00. The van der Waals surface area contributed by atoms with E-state index in [4.69, 9.17) is 10.9 Å². The van der Waals surface area contributed by atoms with E-state index in [2.05, 4.69) is 20.8 Å². The van der Waals surface area contributed by atoms with E-state index in [1.54, 1.807) is 0 Å². The molecule has 0 saturated carbocycles. The van der Waals surface area contributed by atoms with Crippen molar-refractivity contribution in [3.8, 4) is 0 Å². The lowest BCUT2D eigenvalue weighted by Crippen LogP contribution is -2.31. The molecule has 0 spiro atoms. The third-order valence-electron chi connectivity index (χ3n) is 2.41. The molecule has 8 nitrogen and oxygen atoms in total. The SMILES string of the molecule is CCNC(=O)CCNC(=O)c1ccc(/C(N)=N/O)cn1. The van der Waals surface area contributed by atoms with E-state index in [9.17, 15) is 9.59 Å². The van der Waals surface area contributed by atoms with Gasteiger partial charge in [-0.2, -0.15) is 0 Å². The van der Waals surface area contributed by atoms with Gasteiger partial charge in [-0.3, -0.25) is 14.6 Å². The summed E-state index contributed by atoms with van der Waals surface area (Å²) in [5.41, 5.74) is 5.98. The number of hydrogen-bond donors (Lipinski definition) is 4. The monoisotopic (exact) mass is 279 g/mol. The van der Waals surface area contributed by atoms with Crippen LogP contribution in [-0.4, -0.2) is 40.9 Å². The lowest BCUT2D eigenvalue weighted by molar-refractivity contribution is -0.120. The van der Waals surface area contributed by atoms with Crippen molar-refractivity contribution in [1.82, 2.24) is 15.6 Å². The van der Waals surface area contributed by atoms with Gasteiger partial charge in [0.15, 0.2) is 5.84 Å². The van der Waals surface area contributed by atoms with E-state index in [1.807, 2.05) is 6.92 Å². The first kappa shape index (κ1) is 15.4. The largest absolute Gasteiger partial charge is 0.409 e. The minimum Gasteiger partial charge on any atom is -0.409 e. The highest BCUT2D eigenvalue weighted by molar-refractivity contribution is 5.98. The zero-order valence-corrected chi connectivity index (χ0v) is 11.1. The first-order valence-electron chi connectivity index (χ1n) is 6.07. The number of hydrogen-bond acceptors (Lipinski definition) is 5. The molecule has 1 rings (SSSR count). The van der Waals surface area contributed by atoms with Crippen molar-refractivity contribution >= 4 is 17.6 Å². The van der Waals surface area contributed by atoms with Crippen molar-refractivity contribution in [2.45, 2.75) is 13.3 Å². The van der Waals surface area contributed by atoms with Gasteiger partial charge < -0.3 is 21.6 Å². The Morgan fingerprint density at radius 2 is 2.15 bits per heavy atom. The number of oxime groups is 1. The van der Waals surface area contributed by atoms with E-state index in [0.717, 1.165) is 0 Å². The van der Waals surface area contributed by atoms with Crippen LogP contribution in [-0.2, 0) is 4.79 Å². The summed E-state index contributed by atoms with van der Waals surface area (Å²) in [4.78, 5) is 26.8. The molecule has 0 aliphatic rings. The van der Waals surface area contributed by atoms with Crippen LogP contribution in [0.2, 0.25) is 0 Å². The zero-order valence-electron chi connectivity index (χ0n) is 11.1. The van der Waals surface area contributed by atoms with Crippen LogP contribution >= 0.6 is 0 Å². The minimum absolute atomic E-state index is 0.0827. The Morgan fingerprint density at radius 1 is 1.40 bits per heavy atom. The van der Waals surface area contributed by atoms with Gasteiger partial charge in [0.05, 0.1) is 0 Å². The van der Waals surface area contributed by atoms with Gasteiger partial charge in [0, 0.05) is 31.3 Å². The molecule has 0 bridgehead atoms. The average Bonchev–Trinajstić information content (AvgIpc) is 2.46. The van der Waals surface area contributed by atoms with E-state index >= 15 is 0 Å². The van der Waals surface area contributed by atoms with Gasteiger partial charge in [-0.25, -0.2) is 0 Å². The number of nitrogens with zero attached hydrogens (tertiary/aromatic N) is 2. The van der Waals surface area contributed by atoms with Crippen LogP contribution in [0.3, 0.4) is 0 Å². The Bertz CT molecular complexity index is 498. The smallest absolute Gasteiger partial charge is 0.269 e. The average molecular weight is 279 g/mol. The van der Waals surface area contributed by atoms with Crippen molar-refractivity contribution in [3.63, 3.8) is 0 Å². The third kappa shape index (κ3) is 4.56. The Kier molecular flexibility index (Phi) is 5.95. The number of carbonyl (C=O) groups is 2. The number of nitrogens with two attached hydrogens (primary N) is 1. The van der Waals surface area contributed by atoms with Crippen LogP contribution in [0.5, 0.6) is 0 Å². The molecule has 8 heteroatoms. The van der Waals surface area contributed by atoms with Crippen molar-refractivity contribution in [2.75, 3.05) is 13.1 Å². The van der Waals surface area contributed by atoms with Crippen molar-refractivity contribution in [1.29, 1.82) is 0 Å². The molecule has 0 aromatic carbocycles. The summed E-state index contributed by atoms with van der Waals surface area (Å²) in [5.74, 6) is -0.593. The quantitative estimate of drug-likeness (QED) is 0.240. The lowest BCUT2D eigenvalue weighted by atomic mass is 10.2. The number of amides is 2. The Balaban J connectivity index is 2.50. The maximum absolute atomic E-state index is 11.7. The molecule has 5 N–H and O–H groups in total. The van der Waals surface area contributed by atoms with Crippen LogP contribution in [0, 0.1) is 0 Å². The molecule has 108 valence electrons.